The van der Waals surface area contributed by atoms with E-state index in [4.69, 9.17) is 24.7 Å². The van der Waals surface area contributed by atoms with Gasteiger partial charge in [0.05, 0.1) is 10.8 Å². The Morgan fingerprint density at radius 1 is 0.872 bits per heavy atom. The van der Waals surface area contributed by atoms with Gasteiger partial charge < -0.3 is 24.7 Å². The van der Waals surface area contributed by atoms with E-state index in [0.29, 0.717) is 24.8 Å². The molecule has 2 N–H and O–H groups in total. The molecular weight excluding hydrogens is 502 g/mol. The first-order valence-electron chi connectivity index (χ1n) is 13.9. The summed E-state index contributed by atoms with van der Waals surface area (Å²) in [5, 5.41) is 0. The van der Waals surface area contributed by atoms with E-state index >= 15 is 0 Å². The Morgan fingerprint density at radius 3 is 1.97 bits per heavy atom. The Hall–Kier alpha value is -2.94. The number of hydrogen-bond donors (Lipinski definition) is 1. The summed E-state index contributed by atoms with van der Waals surface area (Å²) in [5.74, 6) is -1.73. The van der Waals surface area contributed by atoms with Crippen molar-refractivity contribution in [1.29, 1.82) is 0 Å². The summed E-state index contributed by atoms with van der Waals surface area (Å²) in [6, 6.07) is 3.70. The molecule has 0 unspecified atom stereocenters. The van der Waals surface area contributed by atoms with Crippen LogP contribution >= 0.6 is 0 Å². The molecule has 0 spiro atoms. The summed E-state index contributed by atoms with van der Waals surface area (Å²) in [6.45, 7) is 14.5. The number of benzene rings is 1. The van der Waals surface area contributed by atoms with Crippen LogP contribution in [0, 0.1) is 10.8 Å². The molecule has 1 aromatic rings. The summed E-state index contributed by atoms with van der Waals surface area (Å²) < 4.78 is 21.8. The average molecular weight is 550 g/mol. The van der Waals surface area contributed by atoms with E-state index in [1.54, 1.807) is 46.8 Å². The van der Waals surface area contributed by atoms with E-state index < -0.39 is 40.9 Å². The molecule has 9 nitrogen and oxygen atoms in total. The van der Waals surface area contributed by atoms with Crippen LogP contribution in [0.4, 0.5) is 0 Å². The molecule has 0 heterocycles. The van der Waals surface area contributed by atoms with Crippen LogP contribution in [0.2, 0.25) is 0 Å². The van der Waals surface area contributed by atoms with Crippen LogP contribution in [-0.4, -0.2) is 42.6 Å². The highest BCUT2D eigenvalue weighted by Crippen LogP contribution is 2.34. The molecule has 1 rings (SSSR count). The van der Waals surface area contributed by atoms with Crippen molar-refractivity contribution >= 4 is 23.9 Å². The Bertz CT molecular complexity index is 985. The Labute approximate surface area is 233 Å². The van der Waals surface area contributed by atoms with E-state index in [0.717, 1.165) is 19.3 Å². The molecule has 0 saturated carbocycles. The summed E-state index contributed by atoms with van der Waals surface area (Å²) >= 11 is 0. The minimum Gasteiger partial charge on any atom is -0.462 e. The lowest BCUT2D eigenvalue weighted by Crippen LogP contribution is -2.37. The van der Waals surface area contributed by atoms with Crippen LogP contribution in [-0.2, 0) is 35.1 Å². The van der Waals surface area contributed by atoms with Crippen LogP contribution in [0.25, 0.3) is 0 Å². The molecule has 0 bridgehead atoms. The first-order chi connectivity index (χ1) is 18.2. The van der Waals surface area contributed by atoms with E-state index in [1.165, 1.54) is 6.07 Å². The van der Waals surface area contributed by atoms with Crippen molar-refractivity contribution in [3.63, 3.8) is 0 Å². The quantitative estimate of drug-likeness (QED) is 0.166. The lowest BCUT2D eigenvalue weighted by atomic mass is 9.90. The lowest BCUT2D eigenvalue weighted by Gasteiger charge is -2.23. The average Bonchev–Trinajstić information content (AvgIpc) is 2.88. The van der Waals surface area contributed by atoms with E-state index in [9.17, 15) is 19.2 Å². The second-order valence-electron chi connectivity index (χ2n) is 11.2. The smallest absolute Gasteiger partial charge is 0.323 e. The number of ether oxygens (including phenoxy) is 4. The van der Waals surface area contributed by atoms with Gasteiger partial charge in [0.2, 0.25) is 0 Å². The molecular formula is C30H47NO8. The molecule has 1 aromatic carbocycles. The maximum absolute atomic E-state index is 12.8. The Balaban J connectivity index is 2.95. The van der Waals surface area contributed by atoms with Crippen molar-refractivity contribution in [3.05, 3.63) is 23.8 Å². The van der Waals surface area contributed by atoms with Crippen LogP contribution in [0.3, 0.4) is 0 Å². The molecule has 0 radical (unpaired) electrons. The van der Waals surface area contributed by atoms with Crippen molar-refractivity contribution in [2.75, 3.05) is 6.61 Å². The van der Waals surface area contributed by atoms with Gasteiger partial charge in [-0.1, -0.05) is 39.7 Å². The summed E-state index contributed by atoms with van der Waals surface area (Å²) in [5.41, 5.74) is 5.20. The summed E-state index contributed by atoms with van der Waals surface area (Å²) in [7, 11) is 0. The molecule has 0 aliphatic carbocycles. The van der Waals surface area contributed by atoms with Gasteiger partial charge >= 0.3 is 23.9 Å². The number of hydrogen-bond acceptors (Lipinski definition) is 9. The highest BCUT2D eigenvalue weighted by molar-refractivity contribution is 5.81. The van der Waals surface area contributed by atoms with Gasteiger partial charge in [0, 0.05) is 6.42 Å². The lowest BCUT2D eigenvalue weighted by molar-refractivity contribution is -0.159. The molecule has 39 heavy (non-hydrogen) atoms. The standard InChI is InChI=1S/C30H47NO8/c1-9-12-13-14-25(32)36-19-20(4)37-26(33)22(31)17-21-15-16-23(38-27(34)29(5,6)10-2)24(18-21)39-28(35)30(7,8)11-3/h15-16,18,20,22H,9-14,17,19,31H2,1-8H3/t20-,22-/m0/s1. The number of rotatable bonds is 16. The molecule has 0 amide bonds. The highest BCUT2D eigenvalue weighted by Gasteiger charge is 2.31. The molecule has 0 aromatic heterocycles. The van der Waals surface area contributed by atoms with Crippen molar-refractivity contribution in [3.8, 4) is 11.5 Å². The Morgan fingerprint density at radius 2 is 1.44 bits per heavy atom. The second-order valence-corrected chi connectivity index (χ2v) is 11.2. The number of nitrogens with two attached hydrogens (primary N) is 1. The molecule has 0 fully saturated rings. The maximum Gasteiger partial charge on any atom is 0.323 e. The third-order valence-corrected chi connectivity index (χ3v) is 6.83. The van der Waals surface area contributed by atoms with Crippen LogP contribution in [0.5, 0.6) is 11.5 Å². The fourth-order valence-corrected chi connectivity index (χ4v) is 3.07. The zero-order valence-corrected chi connectivity index (χ0v) is 24.9. The van der Waals surface area contributed by atoms with Gasteiger partial charge in [0.1, 0.15) is 18.8 Å². The van der Waals surface area contributed by atoms with Gasteiger partial charge in [-0.2, -0.15) is 0 Å². The minimum absolute atomic E-state index is 0.0507. The Kier molecular flexibility index (Phi) is 13.6. The second kappa shape index (κ2) is 15.6. The minimum atomic E-state index is -1.02. The predicted octanol–water partition coefficient (Wildman–Crippen LogP) is 5.29. The summed E-state index contributed by atoms with van der Waals surface area (Å²) in [6.07, 6.45) is 3.58. The van der Waals surface area contributed by atoms with Gasteiger partial charge in [-0.05, 0) is 78.0 Å². The molecule has 0 saturated heterocycles. The third kappa shape index (κ3) is 11.4. The topological polar surface area (TPSA) is 131 Å². The van der Waals surface area contributed by atoms with Crippen molar-refractivity contribution in [2.45, 2.75) is 112 Å². The number of carbonyl (C=O) groups excluding carboxylic acids is 4. The normalized spacial score (nSPS) is 13.3. The van der Waals surface area contributed by atoms with E-state index in [-0.39, 0.29) is 30.5 Å². The largest absolute Gasteiger partial charge is 0.462 e. The zero-order valence-electron chi connectivity index (χ0n) is 24.9. The van der Waals surface area contributed by atoms with E-state index in [2.05, 4.69) is 0 Å². The van der Waals surface area contributed by atoms with Gasteiger partial charge in [-0.15, -0.1) is 0 Å². The number of esters is 4. The molecule has 220 valence electrons. The van der Waals surface area contributed by atoms with Gasteiger partial charge in [0.25, 0.3) is 0 Å². The molecule has 0 aliphatic rings. The van der Waals surface area contributed by atoms with E-state index in [1.807, 2.05) is 20.8 Å². The molecule has 2 atom stereocenters. The predicted molar refractivity (Wildman–Crippen MR) is 148 cm³/mol. The van der Waals surface area contributed by atoms with Crippen molar-refractivity contribution in [1.82, 2.24) is 0 Å². The zero-order chi connectivity index (χ0) is 29.8. The maximum atomic E-state index is 12.8. The first-order valence-corrected chi connectivity index (χ1v) is 13.9. The van der Waals surface area contributed by atoms with Crippen LogP contribution in [0.1, 0.15) is 99.5 Å². The summed E-state index contributed by atoms with van der Waals surface area (Å²) in [4.78, 5) is 49.8. The SMILES string of the molecule is CCCCCC(=O)OC[C@H](C)OC(=O)[C@@H](N)Cc1ccc(OC(=O)C(C)(C)CC)c(OC(=O)C(C)(C)CC)c1. The van der Waals surface area contributed by atoms with Crippen LogP contribution < -0.4 is 15.2 Å². The van der Waals surface area contributed by atoms with Gasteiger partial charge in [-0.25, -0.2) is 0 Å². The highest BCUT2D eigenvalue weighted by atomic mass is 16.6. The number of carbonyl (C=O) groups is 4. The monoisotopic (exact) mass is 549 g/mol. The van der Waals surface area contributed by atoms with Gasteiger partial charge in [-0.3, -0.25) is 19.2 Å². The van der Waals surface area contributed by atoms with Crippen LogP contribution in [0.15, 0.2) is 18.2 Å². The third-order valence-electron chi connectivity index (χ3n) is 6.83. The first kappa shape index (κ1) is 34.1. The number of unbranched alkanes of at least 4 members (excludes halogenated alkanes) is 2. The fourth-order valence-electron chi connectivity index (χ4n) is 3.07. The van der Waals surface area contributed by atoms with Crippen molar-refractivity contribution < 1.29 is 38.1 Å². The van der Waals surface area contributed by atoms with Crippen molar-refractivity contribution in [2.24, 2.45) is 16.6 Å². The fraction of sp³-hybridized carbons (Fsp3) is 0.667. The molecule has 0 aliphatic heterocycles. The van der Waals surface area contributed by atoms with Gasteiger partial charge in [0.15, 0.2) is 11.5 Å². The molecule has 9 heteroatoms.